The molecule has 16 heavy (non-hydrogen) atoms. The van der Waals surface area contributed by atoms with Crippen LogP contribution in [0.4, 0.5) is 0 Å². The molecule has 0 spiro atoms. The molecule has 0 saturated carbocycles. The monoisotopic (exact) mass is 236 g/mol. The van der Waals surface area contributed by atoms with Crippen LogP contribution in [-0.2, 0) is 0 Å². The van der Waals surface area contributed by atoms with Crippen molar-refractivity contribution in [3.63, 3.8) is 0 Å². The van der Waals surface area contributed by atoms with Gasteiger partial charge in [-0.2, -0.15) is 5.10 Å². The van der Waals surface area contributed by atoms with Crippen LogP contribution < -0.4 is 9.47 Å². The molecule has 0 unspecified atom stereocenters. The quantitative estimate of drug-likeness (QED) is 0.822. The summed E-state index contributed by atoms with van der Waals surface area (Å²) < 4.78 is 10.5. The zero-order valence-corrected chi connectivity index (χ0v) is 9.31. The molecule has 0 aliphatic carbocycles. The van der Waals surface area contributed by atoms with Gasteiger partial charge < -0.3 is 9.47 Å². The Morgan fingerprint density at radius 2 is 2.12 bits per heavy atom. The van der Waals surface area contributed by atoms with E-state index in [0.717, 1.165) is 0 Å². The highest BCUT2D eigenvalue weighted by atomic mass is 35.5. The van der Waals surface area contributed by atoms with Crippen LogP contribution in [0, 0.1) is 0 Å². The molecule has 0 saturated heterocycles. The molecule has 0 aliphatic heterocycles. The predicted molar refractivity (Wildman–Crippen MR) is 60.1 cm³/mol. The van der Waals surface area contributed by atoms with Crippen molar-refractivity contribution < 1.29 is 9.47 Å². The average molecular weight is 237 g/mol. The summed E-state index contributed by atoms with van der Waals surface area (Å²) in [4.78, 5) is 0. The van der Waals surface area contributed by atoms with Gasteiger partial charge in [0.15, 0.2) is 0 Å². The Morgan fingerprint density at radius 3 is 2.75 bits per heavy atom. The molecular formula is C11H9ClN2O2. The molecule has 4 nitrogen and oxygen atoms in total. The van der Waals surface area contributed by atoms with E-state index in [-0.39, 0.29) is 0 Å². The number of halogens is 1. The number of methoxy groups -OCH3 is 1. The summed E-state index contributed by atoms with van der Waals surface area (Å²) in [6.45, 7) is 0. The van der Waals surface area contributed by atoms with Crippen LogP contribution in [0.3, 0.4) is 0 Å². The first-order valence-corrected chi connectivity index (χ1v) is 4.96. The van der Waals surface area contributed by atoms with Gasteiger partial charge >= 0.3 is 0 Å². The minimum atomic E-state index is 0.398. The number of hydrogen-bond donors (Lipinski definition) is 0. The van der Waals surface area contributed by atoms with Crippen molar-refractivity contribution in [2.24, 2.45) is 0 Å². The lowest BCUT2D eigenvalue weighted by Crippen LogP contribution is -1.90. The number of hydrogen-bond acceptors (Lipinski definition) is 4. The predicted octanol–water partition coefficient (Wildman–Crippen LogP) is 2.93. The molecule has 1 aromatic heterocycles. The molecule has 0 aliphatic rings. The fourth-order valence-corrected chi connectivity index (χ4v) is 1.35. The van der Waals surface area contributed by atoms with Crippen LogP contribution in [0.25, 0.3) is 0 Å². The first kappa shape index (κ1) is 10.7. The van der Waals surface area contributed by atoms with Crippen molar-refractivity contribution in [2.45, 2.75) is 0 Å². The maximum atomic E-state index is 6.00. The van der Waals surface area contributed by atoms with Crippen molar-refractivity contribution >= 4 is 11.6 Å². The summed E-state index contributed by atoms with van der Waals surface area (Å²) >= 11 is 6.00. The summed E-state index contributed by atoms with van der Waals surface area (Å²) in [6.07, 6.45) is 1.57. The van der Waals surface area contributed by atoms with Gasteiger partial charge in [-0.05, 0) is 18.2 Å². The molecule has 5 heteroatoms. The molecule has 2 rings (SSSR count). The van der Waals surface area contributed by atoms with E-state index in [0.29, 0.717) is 22.4 Å². The lowest BCUT2D eigenvalue weighted by Gasteiger charge is -2.07. The van der Waals surface area contributed by atoms with Crippen molar-refractivity contribution in [1.29, 1.82) is 0 Å². The molecule has 0 amide bonds. The third kappa shape index (κ3) is 2.41. The minimum absolute atomic E-state index is 0.398. The maximum absolute atomic E-state index is 6.00. The number of benzene rings is 1. The fourth-order valence-electron chi connectivity index (χ4n) is 1.15. The zero-order valence-electron chi connectivity index (χ0n) is 8.55. The molecule has 2 aromatic rings. The van der Waals surface area contributed by atoms with Crippen LogP contribution in [0.1, 0.15) is 0 Å². The summed E-state index contributed by atoms with van der Waals surface area (Å²) in [5, 5.41) is 7.96. The Morgan fingerprint density at radius 1 is 1.25 bits per heavy atom. The average Bonchev–Trinajstić information content (AvgIpc) is 2.33. The van der Waals surface area contributed by atoms with Gasteiger partial charge in [0, 0.05) is 18.3 Å². The second-order valence-electron chi connectivity index (χ2n) is 2.96. The molecular weight excluding hydrogens is 228 g/mol. The van der Waals surface area contributed by atoms with Gasteiger partial charge in [-0.25, -0.2) is 0 Å². The largest absolute Gasteiger partial charge is 0.497 e. The van der Waals surface area contributed by atoms with E-state index in [1.54, 1.807) is 43.6 Å². The van der Waals surface area contributed by atoms with Crippen LogP contribution in [-0.4, -0.2) is 17.3 Å². The Hall–Kier alpha value is -1.81. The third-order valence-electron chi connectivity index (χ3n) is 1.90. The van der Waals surface area contributed by atoms with Crippen LogP contribution in [0.5, 0.6) is 17.4 Å². The summed E-state index contributed by atoms with van der Waals surface area (Å²) in [7, 11) is 1.58. The van der Waals surface area contributed by atoms with E-state index >= 15 is 0 Å². The van der Waals surface area contributed by atoms with Crippen molar-refractivity contribution in [2.75, 3.05) is 7.11 Å². The first-order chi connectivity index (χ1) is 7.79. The van der Waals surface area contributed by atoms with Gasteiger partial charge in [0.25, 0.3) is 0 Å². The highest BCUT2D eigenvalue weighted by molar-refractivity contribution is 6.32. The normalized spacial score (nSPS) is 9.88. The van der Waals surface area contributed by atoms with Crippen LogP contribution in [0.15, 0.2) is 36.5 Å². The summed E-state index contributed by atoms with van der Waals surface area (Å²) in [5.41, 5.74) is 0. The maximum Gasteiger partial charge on any atom is 0.238 e. The molecule has 82 valence electrons. The van der Waals surface area contributed by atoms with E-state index in [4.69, 9.17) is 21.1 Å². The zero-order chi connectivity index (χ0) is 11.4. The molecule has 0 N–H and O–H groups in total. The first-order valence-electron chi connectivity index (χ1n) is 4.58. The molecule has 0 fully saturated rings. The van der Waals surface area contributed by atoms with Gasteiger partial charge in [0.05, 0.1) is 12.1 Å². The second kappa shape index (κ2) is 4.81. The Balaban J connectivity index is 2.22. The van der Waals surface area contributed by atoms with Crippen molar-refractivity contribution in [1.82, 2.24) is 10.2 Å². The molecule has 0 radical (unpaired) electrons. The Bertz CT molecular complexity index is 477. The van der Waals surface area contributed by atoms with E-state index in [1.807, 2.05) is 0 Å². The van der Waals surface area contributed by atoms with Gasteiger partial charge in [-0.15, -0.1) is 5.10 Å². The lowest BCUT2D eigenvalue weighted by molar-refractivity contribution is 0.412. The minimum Gasteiger partial charge on any atom is -0.497 e. The molecule has 1 heterocycles. The van der Waals surface area contributed by atoms with Crippen molar-refractivity contribution in [3.8, 4) is 17.4 Å². The SMILES string of the molecule is COc1ccc(Oc2cccnn2)c(Cl)c1. The van der Waals surface area contributed by atoms with E-state index in [2.05, 4.69) is 10.2 Å². The number of ether oxygens (including phenoxy) is 2. The Labute approximate surface area is 97.8 Å². The number of nitrogens with zero attached hydrogens (tertiary/aromatic N) is 2. The van der Waals surface area contributed by atoms with E-state index in [9.17, 15) is 0 Å². The lowest BCUT2D eigenvalue weighted by atomic mass is 10.3. The molecule has 1 aromatic carbocycles. The second-order valence-corrected chi connectivity index (χ2v) is 3.37. The number of aromatic nitrogens is 2. The highest BCUT2D eigenvalue weighted by Crippen LogP contribution is 2.31. The van der Waals surface area contributed by atoms with Gasteiger partial charge in [0.2, 0.25) is 5.88 Å². The van der Waals surface area contributed by atoms with Crippen molar-refractivity contribution in [3.05, 3.63) is 41.6 Å². The van der Waals surface area contributed by atoms with Gasteiger partial charge in [0.1, 0.15) is 11.5 Å². The fraction of sp³-hybridized carbons (Fsp3) is 0.0909. The smallest absolute Gasteiger partial charge is 0.238 e. The van der Waals surface area contributed by atoms with E-state index in [1.165, 1.54) is 0 Å². The third-order valence-corrected chi connectivity index (χ3v) is 2.20. The van der Waals surface area contributed by atoms with Gasteiger partial charge in [-0.1, -0.05) is 11.6 Å². The van der Waals surface area contributed by atoms with Crippen LogP contribution >= 0.6 is 11.6 Å². The highest BCUT2D eigenvalue weighted by Gasteiger charge is 2.05. The van der Waals surface area contributed by atoms with Gasteiger partial charge in [-0.3, -0.25) is 0 Å². The number of rotatable bonds is 3. The van der Waals surface area contributed by atoms with E-state index < -0.39 is 0 Å². The summed E-state index contributed by atoms with van der Waals surface area (Å²) in [6, 6.07) is 8.59. The molecule has 0 atom stereocenters. The Kier molecular flexibility index (Phi) is 3.22. The van der Waals surface area contributed by atoms with Crippen LogP contribution in [0.2, 0.25) is 5.02 Å². The molecule has 0 bridgehead atoms. The summed E-state index contributed by atoms with van der Waals surface area (Å²) in [5.74, 6) is 1.59. The topological polar surface area (TPSA) is 44.2 Å². The standard InChI is InChI=1S/C11H9ClN2O2/c1-15-8-4-5-10(9(12)7-8)16-11-3-2-6-13-14-11/h2-7H,1H3.